The van der Waals surface area contributed by atoms with Crippen LogP contribution in [0.2, 0.25) is 0 Å². The van der Waals surface area contributed by atoms with Gasteiger partial charge >= 0.3 is 0 Å². The van der Waals surface area contributed by atoms with Crippen molar-refractivity contribution in [1.29, 1.82) is 0 Å². The predicted molar refractivity (Wildman–Crippen MR) is 357 cm³/mol. The van der Waals surface area contributed by atoms with Crippen molar-refractivity contribution in [2.24, 2.45) is 0 Å². The molecule has 0 saturated carbocycles. The van der Waals surface area contributed by atoms with Crippen molar-refractivity contribution < 1.29 is 8.83 Å². The van der Waals surface area contributed by atoms with E-state index in [9.17, 15) is 0 Å². The van der Waals surface area contributed by atoms with E-state index in [0.29, 0.717) is 0 Å². The Morgan fingerprint density at radius 2 is 0.619 bits per heavy atom. The number of aromatic nitrogens is 2. The molecule has 0 spiro atoms. The smallest absolute Gasteiger partial charge is 0.184 e. The van der Waals surface area contributed by atoms with Crippen molar-refractivity contribution in [2.75, 3.05) is 0 Å². The number of hydrogen-bond acceptors (Lipinski definition) is 2. The molecule has 0 saturated heterocycles. The van der Waals surface area contributed by atoms with Crippen LogP contribution in [0.4, 0.5) is 0 Å². The summed E-state index contributed by atoms with van der Waals surface area (Å²) in [6.45, 7) is 0. The number of nitrogens with zero attached hydrogens (tertiary/aromatic N) is 2. The van der Waals surface area contributed by atoms with Crippen LogP contribution in [0.15, 0.2) is 324 Å². The molecular formula is C78H52N2O2Si2. The van der Waals surface area contributed by atoms with Crippen LogP contribution in [0.5, 0.6) is 0 Å². The van der Waals surface area contributed by atoms with E-state index in [1.165, 1.54) is 63.0 Å². The second-order valence-electron chi connectivity index (χ2n) is 22.2. The fraction of sp³-hybridized carbons (Fsp3) is 0. The molecule has 4 aromatic heterocycles. The lowest BCUT2D eigenvalue weighted by molar-refractivity contribution is 0.671. The Hall–Kier alpha value is -10.5. The average Bonchev–Trinajstić information content (AvgIpc) is 1.84. The van der Waals surface area contributed by atoms with Crippen molar-refractivity contribution in [3.63, 3.8) is 0 Å². The molecular weight excluding hydrogens is 1050 g/mol. The number of furan rings is 2. The number of benzene rings is 13. The van der Waals surface area contributed by atoms with Gasteiger partial charge in [-0.2, -0.15) is 0 Å². The molecule has 0 unspecified atom stereocenters. The van der Waals surface area contributed by atoms with Crippen molar-refractivity contribution in [2.45, 2.75) is 0 Å². The maximum atomic E-state index is 7.19. The van der Waals surface area contributed by atoms with E-state index in [2.05, 4.69) is 325 Å². The molecule has 0 bridgehead atoms. The first-order valence-corrected chi connectivity index (χ1v) is 32.9. The van der Waals surface area contributed by atoms with Crippen LogP contribution in [0.25, 0.3) is 98.9 Å². The highest BCUT2D eigenvalue weighted by molar-refractivity contribution is 7.22. The lowest BCUT2D eigenvalue weighted by Gasteiger charge is -2.35. The first-order chi connectivity index (χ1) is 41.7. The Morgan fingerprint density at radius 1 is 0.226 bits per heavy atom. The fourth-order valence-corrected chi connectivity index (χ4v) is 24.6. The van der Waals surface area contributed by atoms with Gasteiger partial charge in [0.25, 0.3) is 0 Å². The van der Waals surface area contributed by atoms with Gasteiger partial charge in [0, 0.05) is 54.5 Å². The van der Waals surface area contributed by atoms with E-state index in [1.54, 1.807) is 0 Å². The maximum Gasteiger partial charge on any atom is 0.184 e. The minimum atomic E-state index is -3.24. The quantitative estimate of drug-likeness (QED) is 0.101. The molecule has 4 heterocycles. The molecule has 17 rings (SSSR count). The Morgan fingerprint density at radius 3 is 1.20 bits per heavy atom. The summed E-state index contributed by atoms with van der Waals surface area (Å²) in [5, 5.41) is 19.5. The monoisotopic (exact) mass is 1100 g/mol. The molecule has 0 N–H and O–H groups in total. The van der Waals surface area contributed by atoms with Crippen molar-refractivity contribution in [3.8, 4) is 11.4 Å². The Labute approximate surface area is 487 Å². The topological polar surface area (TPSA) is 36.1 Å². The standard InChI is InChI=1S/C78H52N2O2Si2/c1-6-26-55(27-7-1)83(56-28-8-2-9-29-56,57-30-10-3-11-31-57)75-52-54(51-66-62-38-19-23-45-72(62)82-78(66)75)80-67-41-20-16-36-60(67)65-50-53(48-49-69(65)80)79-68-42-21-17-39-64(68)76-70(79)43-25-46-73(76)84(58-32-12-4-13-33-58,59-34-14-5-15-35-59)74-47-24-40-63-61-37-18-22-44-71(61)81-77(63)74/h1-52H. The lowest BCUT2D eigenvalue weighted by Crippen LogP contribution is -2.75. The Balaban J connectivity index is 0.941. The Kier molecular flexibility index (Phi) is 10.9. The number of hydrogen-bond donors (Lipinski definition) is 0. The highest BCUT2D eigenvalue weighted by Gasteiger charge is 2.46. The third-order valence-electron chi connectivity index (χ3n) is 18.0. The number of rotatable bonds is 10. The second-order valence-corrected chi connectivity index (χ2v) is 29.7. The van der Waals surface area contributed by atoms with Gasteiger partial charge < -0.3 is 18.0 Å². The van der Waals surface area contributed by atoms with Crippen LogP contribution < -0.4 is 41.5 Å². The molecule has 0 aliphatic heterocycles. The molecule has 0 fully saturated rings. The molecule has 0 aliphatic rings. The van der Waals surface area contributed by atoms with Gasteiger partial charge in [0.05, 0.1) is 22.1 Å². The summed E-state index contributed by atoms with van der Waals surface area (Å²) in [6.07, 6.45) is 0. The minimum absolute atomic E-state index is 0.878. The van der Waals surface area contributed by atoms with E-state index in [0.717, 1.165) is 77.3 Å². The van der Waals surface area contributed by atoms with Crippen LogP contribution in [0.3, 0.4) is 0 Å². The van der Waals surface area contributed by atoms with E-state index in [1.807, 2.05) is 0 Å². The molecule has 394 valence electrons. The van der Waals surface area contributed by atoms with Gasteiger partial charge in [-0.1, -0.05) is 255 Å². The van der Waals surface area contributed by atoms with E-state index in [-0.39, 0.29) is 0 Å². The zero-order chi connectivity index (χ0) is 55.3. The first-order valence-electron chi connectivity index (χ1n) is 28.9. The van der Waals surface area contributed by atoms with E-state index >= 15 is 0 Å². The predicted octanol–water partition coefficient (Wildman–Crippen LogP) is 14.4. The van der Waals surface area contributed by atoms with Crippen LogP contribution in [-0.4, -0.2) is 25.3 Å². The highest BCUT2D eigenvalue weighted by atomic mass is 28.3. The SMILES string of the molecule is c1ccc([Si](c2ccccc2)(c2ccccc2)c2cc(-n3c4ccccc4c4cc(-n5c6ccccc6c6c([Si](c7ccccc7)(c7ccccc7)c7cccc8c7oc7ccccc78)cccc65)ccc43)cc3c2oc2ccccc23)cc1. The molecule has 0 amide bonds. The molecule has 0 aliphatic carbocycles. The lowest BCUT2D eigenvalue weighted by atomic mass is 10.1. The van der Waals surface area contributed by atoms with Gasteiger partial charge in [0.2, 0.25) is 0 Å². The van der Waals surface area contributed by atoms with Gasteiger partial charge in [0.15, 0.2) is 16.1 Å². The molecule has 13 aromatic carbocycles. The Bertz CT molecular complexity index is 5240. The molecule has 0 atom stereocenters. The first kappa shape index (κ1) is 48.2. The zero-order valence-corrected chi connectivity index (χ0v) is 47.7. The molecule has 4 nitrogen and oxygen atoms in total. The van der Waals surface area contributed by atoms with Crippen LogP contribution in [-0.2, 0) is 0 Å². The van der Waals surface area contributed by atoms with Crippen LogP contribution in [0.1, 0.15) is 0 Å². The summed E-state index contributed by atoms with van der Waals surface area (Å²) < 4.78 is 19.3. The van der Waals surface area contributed by atoms with E-state index < -0.39 is 16.1 Å². The largest absolute Gasteiger partial charge is 0.456 e. The van der Waals surface area contributed by atoms with Crippen LogP contribution in [0, 0.1) is 0 Å². The summed E-state index contributed by atoms with van der Waals surface area (Å²) in [7, 11) is -6.36. The van der Waals surface area contributed by atoms with Gasteiger partial charge in [-0.3, -0.25) is 0 Å². The van der Waals surface area contributed by atoms with E-state index in [4.69, 9.17) is 8.83 Å². The second kappa shape index (κ2) is 19.0. The summed E-state index contributed by atoms with van der Waals surface area (Å²) in [5.41, 5.74) is 10.4. The third kappa shape index (κ3) is 6.93. The zero-order valence-electron chi connectivity index (χ0n) is 45.7. The summed E-state index contributed by atoms with van der Waals surface area (Å²) in [4.78, 5) is 0. The van der Waals surface area contributed by atoms with Gasteiger partial charge in [-0.05, 0) is 102 Å². The molecule has 17 aromatic rings. The minimum Gasteiger partial charge on any atom is -0.456 e. The summed E-state index contributed by atoms with van der Waals surface area (Å²) >= 11 is 0. The van der Waals surface area contributed by atoms with Crippen molar-refractivity contribution >= 4 is 145 Å². The number of para-hydroxylation sites is 5. The molecule has 6 heteroatoms. The van der Waals surface area contributed by atoms with Crippen molar-refractivity contribution in [3.05, 3.63) is 315 Å². The molecule has 0 radical (unpaired) electrons. The number of fused-ring (bicyclic) bond motifs is 12. The normalized spacial score (nSPS) is 12.3. The van der Waals surface area contributed by atoms with Gasteiger partial charge in [-0.15, -0.1) is 0 Å². The average molecular weight is 1110 g/mol. The van der Waals surface area contributed by atoms with Gasteiger partial charge in [-0.25, -0.2) is 0 Å². The molecule has 84 heavy (non-hydrogen) atoms. The fourth-order valence-electron chi connectivity index (χ4n) is 14.6. The summed E-state index contributed by atoms with van der Waals surface area (Å²) in [5.74, 6) is 0. The maximum absolute atomic E-state index is 7.19. The third-order valence-corrected chi connectivity index (χ3v) is 27.6. The highest BCUT2D eigenvalue weighted by Crippen LogP contribution is 2.40. The summed E-state index contributed by atoms with van der Waals surface area (Å²) in [6, 6.07) is 117. The van der Waals surface area contributed by atoms with Crippen molar-refractivity contribution in [1.82, 2.24) is 9.13 Å². The van der Waals surface area contributed by atoms with Crippen LogP contribution >= 0.6 is 0 Å². The van der Waals surface area contributed by atoms with Gasteiger partial charge in [0.1, 0.15) is 22.3 Å².